The van der Waals surface area contributed by atoms with Crippen LogP contribution in [-0.4, -0.2) is 31.3 Å². The van der Waals surface area contributed by atoms with Crippen molar-refractivity contribution in [2.75, 3.05) is 31.2 Å². The summed E-state index contributed by atoms with van der Waals surface area (Å²) in [5.74, 6) is 2.49. The maximum Gasteiger partial charge on any atom is 0.161 e. The Balaban J connectivity index is 1.40. The molecule has 1 aromatic heterocycles. The van der Waals surface area contributed by atoms with Gasteiger partial charge in [-0.3, -0.25) is 0 Å². The predicted octanol–water partition coefficient (Wildman–Crippen LogP) is 3.51. The summed E-state index contributed by atoms with van der Waals surface area (Å²) in [5.41, 5.74) is 5.61. The van der Waals surface area contributed by atoms with E-state index in [1.54, 1.807) is 0 Å². The van der Waals surface area contributed by atoms with E-state index in [-0.39, 0.29) is 0 Å². The van der Waals surface area contributed by atoms with Crippen LogP contribution in [0.15, 0.2) is 30.3 Å². The lowest BCUT2D eigenvalue weighted by Gasteiger charge is -2.29. The van der Waals surface area contributed by atoms with Crippen molar-refractivity contribution >= 4 is 11.4 Å². The smallest absolute Gasteiger partial charge is 0.161 e. The molecule has 136 valence electrons. The minimum absolute atomic E-state index is 0.601. The molecule has 2 aromatic rings. The highest BCUT2D eigenvalue weighted by Gasteiger charge is 2.22. The first kappa shape index (κ1) is 16.2. The summed E-state index contributed by atoms with van der Waals surface area (Å²) in [4.78, 5) is 7.06. The molecule has 0 saturated carbocycles. The van der Waals surface area contributed by atoms with Gasteiger partial charge in [0.05, 0.1) is 5.56 Å². The van der Waals surface area contributed by atoms with E-state index in [1.165, 1.54) is 22.4 Å². The van der Waals surface area contributed by atoms with E-state index in [9.17, 15) is 5.26 Å². The number of anilines is 1. The second kappa shape index (κ2) is 6.62. The molecular formula is C22H21N3O2. The van der Waals surface area contributed by atoms with Crippen LogP contribution in [0.2, 0.25) is 0 Å². The Morgan fingerprint density at radius 1 is 1.04 bits per heavy atom. The Morgan fingerprint density at radius 3 is 2.74 bits per heavy atom. The van der Waals surface area contributed by atoms with Gasteiger partial charge in [-0.05, 0) is 60.6 Å². The van der Waals surface area contributed by atoms with E-state index in [0.29, 0.717) is 18.8 Å². The second-order valence-corrected chi connectivity index (χ2v) is 7.21. The lowest BCUT2D eigenvalue weighted by atomic mass is 9.98. The first-order valence-electron chi connectivity index (χ1n) is 9.59. The zero-order chi connectivity index (χ0) is 18.2. The van der Waals surface area contributed by atoms with Gasteiger partial charge in [-0.25, -0.2) is 4.98 Å². The third-order valence-corrected chi connectivity index (χ3v) is 5.57. The molecule has 5 heteroatoms. The summed E-state index contributed by atoms with van der Waals surface area (Å²) in [7, 11) is 0. The van der Waals surface area contributed by atoms with Gasteiger partial charge < -0.3 is 14.4 Å². The number of rotatable bonds is 2. The Labute approximate surface area is 158 Å². The number of aromatic nitrogens is 1. The predicted molar refractivity (Wildman–Crippen MR) is 103 cm³/mol. The van der Waals surface area contributed by atoms with Gasteiger partial charge in [0.15, 0.2) is 11.5 Å². The van der Waals surface area contributed by atoms with Crippen molar-refractivity contribution in [2.24, 2.45) is 0 Å². The van der Waals surface area contributed by atoms with Crippen molar-refractivity contribution in [2.45, 2.75) is 25.7 Å². The van der Waals surface area contributed by atoms with Crippen LogP contribution in [0.5, 0.6) is 11.5 Å². The highest BCUT2D eigenvalue weighted by molar-refractivity contribution is 5.71. The van der Waals surface area contributed by atoms with Crippen LogP contribution < -0.4 is 14.4 Å². The van der Waals surface area contributed by atoms with E-state index in [1.807, 2.05) is 12.1 Å². The SMILES string of the molecule is N#Cc1cc2c(nc1N1CC=C(c3ccc4c(c3)OCCO4)CC1)CCC2. The number of fused-ring (bicyclic) bond motifs is 2. The number of nitriles is 1. The first-order valence-corrected chi connectivity index (χ1v) is 9.59. The van der Waals surface area contributed by atoms with Crippen LogP contribution in [0.4, 0.5) is 5.82 Å². The van der Waals surface area contributed by atoms with Gasteiger partial charge in [0.2, 0.25) is 0 Å². The Kier molecular flexibility index (Phi) is 3.97. The first-order chi connectivity index (χ1) is 13.3. The van der Waals surface area contributed by atoms with E-state index in [4.69, 9.17) is 14.5 Å². The van der Waals surface area contributed by atoms with Gasteiger partial charge in [-0.15, -0.1) is 0 Å². The number of hydrogen-bond acceptors (Lipinski definition) is 5. The van der Waals surface area contributed by atoms with Crippen LogP contribution in [0.1, 0.15) is 35.2 Å². The summed E-state index contributed by atoms with van der Waals surface area (Å²) in [6.07, 6.45) is 6.38. The summed E-state index contributed by atoms with van der Waals surface area (Å²) < 4.78 is 11.3. The number of nitrogens with zero attached hydrogens (tertiary/aromatic N) is 3. The molecule has 0 unspecified atom stereocenters. The largest absolute Gasteiger partial charge is 0.486 e. The number of aryl methyl sites for hydroxylation is 2. The van der Waals surface area contributed by atoms with Crippen LogP contribution in [0.25, 0.3) is 5.57 Å². The lowest BCUT2D eigenvalue weighted by molar-refractivity contribution is 0.171. The standard InChI is InChI=1S/C22H21N3O2/c23-14-18-12-17-2-1-3-19(17)24-22(18)25-8-6-15(7-9-25)16-4-5-20-21(13-16)27-11-10-26-20/h4-6,12-13H,1-3,7-11H2. The highest BCUT2D eigenvalue weighted by atomic mass is 16.6. The minimum Gasteiger partial charge on any atom is -0.486 e. The van der Waals surface area contributed by atoms with Gasteiger partial charge in [0.25, 0.3) is 0 Å². The molecule has 0 saturated heterocycles. The molecule has 0 N–H and O–H groups in total. The van der Waals surface area contributed by atoms with Gasteiger partial charge >= 0.3 is 0 Å². The summed E-state index contributed by atoms with van der Waals surface area (Å²) in [5, 5.41) is 9.57. The number of hydrogen-bond donors (Lipinski definition) is 0. The molecule has 3 heterocycles. The molecule has 5 nitrogen and oxygen atoms in total. The lowest BCUT2D eigenvalue weighted by Crippen LogP contribution is -2.30. The molecule has 0 fully saturated rings. The second-order valence-electron chi connectivity index (χ2n) is 7.21. The molecule has 0 atom stereocenters. The zero-order valence-corrected chi connectivity index (χ0v) is 15.2. The van der Waals surface area contributed by atoms with E-state index >= 15 is 0 Å². The van der Waals surface area contributed by atoms with E-state index in [2.05, 4.69) is 29.2 Å². The molecule has 3 aliphatic rings. The van der Waals surface area contributed by atoms with Crippen molar-refractivity contribution < 1.29 is 9.47 Å². The van der Waals surface area contributed by atoms with Crippen LogP contribution >= 0.6 is 0 Å². The molecule has 0 amide bonds. The summed E-state index contributed by atoms with van der Waals surface area (Å²) >= 11 is 0. The molecule has 1 aliphatic carbocycles. The van der Waals surface area contributed by atoms with Crippen molar-refractivity contribution in [3.8, 4) is 17.6 Å². The third-order valence-electron chi connectivity index (χ3n) is 5.57. The van der Waals surface area contributed by atoms with Gasteiger partial charge in [0, 0.05) is 18.8 Å². The molecule has 1 aromatic carbocycles. The number of pyridine rings is 1. The van der Waals surface area contributed by atoms with Gasteiger partial charge in [0.1, 0.15) is 25.1 Å². The number of benzene rings is 1. The van der Waals surface area contributed by atoms with E-state index < -0.39 is 0 Å². The van der Waals surface area contributed by atoms with Crippen molar-refractivity contribution in [1.82, 2.24) is 4.98 Å². The average molecular weight is 359 g/mol. The fraction of sp³-hybridized carbons (Fsp3) is 0.364. The topological polar surface area (TPSA) is 58.4 Å². The fourth-order valence-electron chi connectivity index (χ4n) is 4.15. The Hall–Kier alpha value is -3.00. The van der Waals surface area contributed by atoms with Crippen molar-refractivity contribution in [3.05, 3.63) is 52.7 Å². The third kappa shape index (κ3) is 2.91. The average Bonchev–Trinajstić information content (AvgIpc) is 3.20. The molecule has 5 rings (SSSR count). The number of ether oxygens (including phenoxy) is 2. The van der Waals surface area contributed by atoms with Crippen LogP contribution in [0, 0.1) is 11.3 Å². The Morgan fingerprint density at radius 2 is 1.93 bits per heavy atom. The molecule has 0 spiro atoms. The maximum absolute atomic E-state index is 9.57. The van der Waals surface area contributed by atoms with Gasteiger partial charge in [-0.1, -0.05) is 12.1 Å². The van der Waals surface area contributed by atoms with E-state index in [0.717, 1.165) is 56.1 Å². The zero-order valence-electron chi connectivity index (χ0n) is 15.2. The van der Waals surface area contributed by atoms with Crippen LogP contribution in [0.3, 0.4) is 0 Å². The highest BCUT2D eigenvalue weighted by Crippen LogP contribution is 2.35. The Bertz CT molecular complexity index is 974. The molecule has 27 heavy (non-hydrogen) atoms. The van der Waals surface area contributed by atoms with Crippen molar-refractivity contribution in [3.63, 3.8) is 0 Å². The van der Waals surface area contributed by atoms with Gasteiger partial charge in [-0.2, -0.15) is 5.26 Å². The quantitative estimate of drug-likeness (QED) is 0.821. The van der Waals surface area contributed by atoms with Crippen molar-refractivity contribution in [1.29, 1.82) is 5.26 Å². The minimum atomic E-state index is 0.601. The maximum atomic E-state index is 9.57. The fourth-order valence-corrected chi connectivity index (χ4v) is 4.15. The molecule has 0 bridgehead atoms. The molecule has 0 radical (unpaired) electrons. The monoisotopic (exact) mass is 359 g/mol. The van der Waals surface area contributed by atoms with Crippen LogP contribution in [-0.2, 0) is 12.8 Å². The summed E-state index contributed by atoms with van der Waals surface area (Å²) in [6, 6.07) is 10.6. The normalized spacial score (nSPS) is 17.9. The molecular weight excluding hydrogens is 338 g/mol. The summed E-state index contributed by atoms with van der Waals surface area (Å²) in [6.45, 7) is 2.84. The molecule has 2 aliphatic heterocycles.